The van der Waals surface area contributed by atoms with Gasteiger partial charge in [0.05, 0.1) is 18.2 Å². The normalized spacial score (nSPS) is 25.3. The van der Waals surface area contributed by atoms with Crippen molar-refractivity contribution in [1.29, 1.82) is 0 Å². The fourth-order valence-corrected chi connectivity index (χ4v) is 3.02. The van der Waals surface area contributed by atoms with Crippen molar-refractivity contribution in [1.82, 2.24) is 10.2 Å². The molecule has 0 saturated carbocycles. The minimum atomic E-state index is -0.824. The fourth-order valence-electron chi connectivity index (χ4n) is 3.02. The molecule has 108 valence electrons. The summed E-state index contributed by atoms with van der Waals surface area (Å²) in [6, 6.07) is 1.71. The van der Waals surface area contributed by atoms with Crippen LogP contribution in [0.4, 0.5) is 4.79 Å². The number of carbonyl (C=O) groups is 2. The maximum Gasteiger partial charge on any atom is 0.317 e. The van der Waals surface area contributed by atoms with E-state index in [0.717, 1.165) is 30.6 Å². The molecular weight excluding hydrogens is 260 g/mol. The van der Waals surface area contributed by atoms with E-state index in [4.69, 9.17) is 9.52 Å². The van der Waals surface area contributed by atoms with E-state index in [9.17, 15) is 9.59 Å². The van der Waals surface area contributed by atoms with E-state index in [-0.39, 0.29) is 12.1 Å². The molecule has 1 aliphatic heterocycles. The van der Waals surface area contributed by atoms with E-state index in [1.165, 1.54) is 0 Å². The molecule has 3 rings (SSSR count). The number of carboxylic acid groups (broad SMARTS) is 1. The standard InChI is InChI=1S/C14H18N2O4/c17-13(18)9-4-6-16(8-9)14(19)15-11-2-1-3-12-10(11)5-7-20-12/h5,7,9,11H,1-4,6,8H2,(H,15,19)(H,17,18). The van der Waals surface area contributed by atoms with Gasteiger partial charge in [-0.15, -0.1) is 0 Å². The molecule has 2 N–H and O–H groups in total. The number of rotatable bonds is 2. The van der Waals surface area contributed by atoms with E-state index < -0.39 is 11.9 Å². The number of urea groups is 1. The Kier molecular flexibility index (Phi) is 3.38. The van der Waals surface area contributed by atoms with Gasteiger partial charge in [-0.2, -0.15) is 0 Å². The number of carbonyl (C=O) groups excluding carboxylic acids is 1. The van der Waals surface area contributed by atoms with Crippen molar-refractivity contribution in [3.8, 4) is 0 Å². The first kappa shape index (κ1) is 13.0. The molecule has 1 saturated heterocycles. The molecule has 0 bridgehead atoms. The maximum absolute atomic E-state index is 12.2. The Morgan fingerprint density at radius 3 is 3.00 bits per heavy atom. The largest absolute Gasteiger partial charge is 0.481 e. The summed E-state index contributed by atoms with van der Waals surface area (Å²) in [4.78, 5) is 24.7. The number of likely N-dealkylation sites (tertiary alicyclic amines) is 1. The van der Waals surface area contributed by atoms with Gasteiger partial charge in [0.1, 0.15) is 5.76 Å². The van der Waals surface area contributed by atoms with E-state index in [2.05, 4.69) is 5.32 Å². The highest BCUT2D eigenvalue weighted by Gasteiger charge is 2.32. The third-order valence-corrected chi connectivity index (χ3v) is 4.17. The van der Waals surface area contributed by atoms with Crippen molar-refractivity contribution in [2.24, 2.45) is 5.92 Å². The predicted octanol–water partition coefficient (Wildman–Crippen LogP) is 1.77. The zero-order valence-electron chi connectivity index (χ0n) is 11.2. The number of aryl methyl sites for hydroxylation is 1. The van der Waals surface area contributed by atoms with Gasteiger partial charge < -0.3 is 19.7 Å². The molecule has 2 heterocycles. The summed E-state index contributed by atoms with van der Waals surface area (Å²) in [7, 11) is 0. The van der Waals surface area contributed by atoms with Crippen LogP contribution in [0.1, 0.15) is 36.6 Å². The third kappa shape index (κ3) is 2.37. The molecule has 20 heavy (non-hydrogen) atoms. The second-order valence-electron chi connectivity index (χ2n) is 5.46. The molecule has 0 spiro atoms. The van der Waals surface area contributed by atoms with Gasteiger partial charge in [0.25, 0.3) is 0 Å². The second-order valence-corrected chi connectivity index (χ2v) is 5.46. The number of fused-ring (bicyclic) bond motifs is 1. The zero-order valence-corrected chi connectivity index (χ0v) is 11.2. The molecule has 1 fully saturated rings. The first-order chi connectivity index (χ1) is 9.65. The molecule has 2 atom stereocenters. The molecule has 2 aliphatic rings. The lowest BCUT2D eigenvalue weighted by molar-refractivity contribution is -0.141. The molecule has 1 aromatic rings. The van der Waals surface area contributed by atoms with Crippen molar-refractivity contribution >= 4 is 12.0 Å². The molecule has 2 amide bonds. The van der Waals surface area contributed by atoms with Gasteiger partial charge in [-0.05, 0) is 25.3 Å². The molecule has 0 radical (unpaired) electrons. The topological polar surface area (TPSA) is 82.8 Å². The molecule has 2 unspecified atom stereocenters. The number of carboxylic acids is 1. The van der Waals surface area contributed by atoms with Crippen LogP contribution in [0, 0.1) is 5.92 Å². The van der Waals surface area contributed by atoms with E-state index in [0.29, 0.717) is 19.5 Å². The molecule has 0 aromatic carbocycles. The smallest absolute Gasteiger partial charge is 0.317 e. The predicted molar refractivity (Wildman–Crippen MR) is 70.2 cm³/mol. The molecule has 6 nitrogen and oxygen atoms in total. The minimum absolute atomic E-state index is 0.0196. The molecule has 6 heteroatoms. The first-order valence-electron chi connectivity index (χ1n) is 6.99. The monoisotopic (exact) mass is 278 g/mol. The van der Waals surface area contributed by atoms with Gasteiger partial charge in [0.2, 0.25) is 0 Å². The van der Waals surface area contributed by atoms with Crippen LogP contribution >= 0.6 is 0 Å². The van der Waals surface area contributed by atoms with Gasteiger partial charge in [0.15, 0.2) is 0 Å². The summed E-state index contributed by atoms with van der Waals surface area (Å²) in [5.74, 6) is -0.307. The zero-order chi connectivity index (χ0) is 14.1. The van der Waals surface area contributed by atoms with Gasteiger partial charge in [-0.3, -0.25) is 4.79 Å². The number of amides is 2. The van der Waals surface area contributed by atoms with Crippen LogP contribution < -0.4 is 5.32 Å². The van der Waals surface area contributed by atoms with Crippen molar-refractivity contribution in [3.63, 3.8) is 0 Å². The van der Waals surface area contributed by atoms with E-state index in [1.807, 2.05) is 6.07 Å². The van der Waals surface area contributed by atoms with Crippen LogP contribution in [-0.4, -0.2) is 35.1 Å². The SMILES string of the molecule is O=C(O)C1CCN(C(=O)NC2CCCc3occc32)C1. The van der Waals surface area contributed by atoms with Crippen LogP contribution in [0.3, 0.4) is 0 Å². The van der Waals surface area contributed by atoms with Gasteiger partial charge in [-0.1, -0.05) is 0 Å². The maximum atomic E-state index is 12.2. The van der Waals surface area contributed by atoms with Crippen molar-refractivity contribution in [2.75, 3.05) is 13.1 Å². The summed E-state index contributed by atoms with van der Waals surface area (Å²) in [6.07, 6.45) is 4.99. The highest BCUT2D eigenvalue weighted by molar-refractivity contribution is 5.77. The lowest BCUT2D eigenvalue weighted by Crippen LogP contribution is -2.41. The van der Waals surface area contributed by atoms with Gasteiger partial charge in [0, 0.05) is 25.1 Å². The van der Waals surface area contributed by atoms with E-state index in [1.54, 1.807) is 11.2 Å². The number of hydrogen-bond acceptors (Lipinski definition) is 3. The first-order valence-corrected chi connectivity index (χ1v) is 6.99. The fraction of sp³-hybridized carbons (Fsp3) is 0.571. The Bertz CT molecular complexity index is 525. The number of hydrogen-bond donors (Lipinski definition) is 2. The minimum Gasteiger partial charge on any atom is -0.481 e. The highest BCUT2D eigenvalue weighted by Crippen LogP contribution is 2.30. The summed E-state index contributed by atoms with van der Waals surface area (Å²) in [5, 5.41) is 12.0. The number of furan rings is 1. The van der Waals surface area contributed by atoms with Gasteiger partial charge in [-0.25, -0.2) is 4.79 Å². The van der Waals surface area contributed by atoms with Crippen molar-refractivity contribution in [2.45, 2.75) is 31.7 Å². The van der Waals surface area contributed by atoms with E-state index >= 15 is 0 Å². The van der Waals surface area contributed by atoms with Gasteiger partial charge >= 0.3 is 12.0 Å². The second kappa shape index (κ2) is 5.19. The lowest BCUT2D eigenvalue weighted by Gasteiger charge is -2.25. The van der Waals surface area contributed by atoms with Crippen LogP contribution in [-0.2, 0) is 11.2 Å². The highest BCUT2D eigenvalue weighted by atomic mass is 16.4. The summed E-state index contributed by atoms with van der Waals surface area (Å²) in [5.41, 5.74) is 1.05. The Hall–Kier alpha value is -1.98. The van der Waals surface area contributed by atoms with Crippen LogP contribution in [0.2, 0.25) is 0 Å². The van der Waals surface area contributed by atoms with Crippen LogP contribution in [0.5, 0.6) is 0 Å². The quantitative estimate of drug-likeness (QED) is 0.863. The molecule has 1 aromatic heterocycles. The third-order valence-electron chi connectivity index (χ3n) is 4.17. The van der Waals surface area contributed by atoms with Crippen LogP contribution in [0.25, 0.3) is 0 Å². The number of aliphatic carboxylic acids is 1. The number of nitrogens with one attached hydrogen (secondary N) is 1. The Morgan fingerprint density at radius 2 is 2.25 bits per heavy atom. The summed E-state index contributed by atoms with van der Waals surface area (Å²) >= 11 is 0. The number of nitrogens with zero attached hydrogens (tertiary/aromatic N) is 1. The Morgan fingerprint density at radius 1 is 1.40 bits per heavy atom. The Balaban J connectivity index is 1.62. The summed E-state index contributed by atoms with van der Waals surface area (Å²) < 4.78 is 5.40. The molecule has 1 aliphatic carbocycles. The summed E-state index contributed by atoms with van der Waals surface area (Å²) in [6.45, 7) is 0.805. The molecular formula is C14H18N2O4. The Labute approximate surface area is 116 Å². The van der Waals surface area contributed by atoms with Crippen LogP contribution in [0.15, 0.2) is 16.7 Å². The lowest BCUT2D eigenvalue weighted by atomic mass is 9.93. The van der Waals surface area contributed by atoms with Crippen molar-refractivity contribution in [3.05, 3.63) is 23.7 Å². The van der Waals surface area contributed by atoms with Crippen molar-refractivity contribution < 1.29 is 19.1 Å². The average molecular weight is 278 g/mol. The average Bonchev–Trinajstić information content (AvgIpc) is 3.08.